The zero-order chi connectivity index (χ0) is 17.9. The first-order valence-corrected chi connectivity index (χ1v) is 8.93. The van der Waals surface area contributed by atoms with Crippen molar-refractivity contribution >= 4 is 21.4 Å². The van der Waals surface area contributed by atoms with Gasteiger partial charge >= 0.3 is 0 Å². The fraction of sp³-hybridized carbons (Fsp3) is 0.188. The van der Waals surface area contributed by atoms with Crippen LogP contribution in [0.4, 0.5) is 5.69 Å². The van der Waals surface area contributed by atoms with Gasteiger partial charge in [0.25, 0.3) is 11.6 Å². The number of carbonyl (C=O) groups excluding carboxylic acids is 1. The minimum atomic E-state index is -3.55. The van der Waals surface area contributed by atoms with E-state index in [1.54, 1.807) is 19.1 Å². The van der Waals surface area contributed by atoms with Crippen molar-refractivity contribution in [3.63, 3.8) is 0 Å². The number of sulfone groups is 1. The van der Waals surface area contributed by atoms with Gasteiger partial charge in [-0.3, -0.25) is 14.9 Å². The summed E-state index contributed by atoms with van der Waals surface area (Å²) in [6, 6.07) is 11.3. The molecule has 0 bridgehead atoms. The van der Waals surface area contributed by atoms with Crippen molar-refractivity contribution in [1.29, 1.82) is 0 Å². The van der Waals surface area contributed by atoms with Crippen LogP contribution in [-0.4, -0.2) is 25.5 Å². The van der Waals surface area contributed by atoms with Crippen LogP contribution < -0.4 is 5.32 Å². The number of non-ortho nitro benzene ring substituents is 1. The Balaban J connectivity index is 2.28. The van der Waals surface area contributed by atoms with Gasteiger partial charge in [-0.05, 0) is 24.6 Å². The van der Waals surface area contributed by atoms with Gasteiger partial charge in [0.2, 0.25) is 0 Å². The summed E-state index contributed by atoms with van der Waals surface area (Å²) in [7, 11) is -3.55. The highest BCUT2D eigenvalue weighted by atomic mass is 32.2. The third-order valence-corrected chi connectivity index (χ3v) is 4.61. The van der Waals surface area contributed by atoms with E-state index in [4.69, 9.17) is 0 Å². The summed E-state index contributed by atoms with van der Waals surface area (Å²) in [6.45, 7) is 1.67. The Morgan fingerprint density at radius 3 is 2.46 bits per heavy atom. The average Bonchev–Trinajstić information content (AvgIpc) is 2.54. The van der Waals surface area contributed by atoms with Crippen molar-refractivity contribution in [3.05, 3.63) is 69.8 Å². The standard InChI is InChI=1S/C16H16N2O5S/c1-11(12-6-5-7-13(10-12)18(20)21)17-16(19)14-8-3-4-9-15(14)24(2,22)23/h3-11H,1-2H3,(H,17,19)/t11-/m1/s1. The number of rotatable bonds is 5. The fourth-order valence-electron chi connectivity index (χ4n) is 2.24. The minimum absolute atomic E-state index is 0.0391. The van der Waals surface area contributed by atoms with Crippen LogP contribution in [0.1, 0.15) is 28.9 Å². The maximum absolute atomic E-state index is 12.4. The third-order valence-electron chi connectivity index (χ3n) is 3.46. The van der Waals surface area contributed by atoms with Crippen LogP contribution in [-0.2, 0) is 9.84 Å². The van der Waals surface area contributed by atoms with Crippen LogP contribution in [0.25, 0.3) is 0 Å². The number of nitro groups is 1. The largest absolute Gasteiger partial charge is 0.345 e. The molecule has 8 heteroatoms. The number of nitro benzene ring substituents is 1. The van der Waals surface area contributed by atoms with Crippen LogP contribution in [0.2, 0.25) is 0 Å². The molecule has 1 atom stereocenters. The fourth-order valence-corrected chi connectivity index (χ4v) is 3.13. The highest BCUT2D eigenvalue weighted by Gasteiger charge is 2.20. The van der Waals surface area contributed by atoms with Gasteiger partial charge in [0, 0.05) is 18.4 Å². The Hall–Kier alpha value is -2.74. The van der Waals surface area contributed by atoms with Crippen LogP contribution >= 0.6 is 0 Å². The van der Waals surface area contributed by atoms with Crippen molar-refractivity contribution in [1.82, 2.24) is 5.32 Å². The van der Waals surface area contributed by atoms with E-state index in [0.29, 0.717) is 5.56 Å². The molecule has 0 aromatic heterocycles. The van der Waals surface area contributed by atoms with Crippen molar-refractivity contribution in [2.75, 3.05) is 6.26 Å². The minimum Gasteiger partial charge on any atom is -0.345 e. The molecule has 2 rings (SSSR count). The molecule has 0 unspecified atom stereocenters. The van der Waals surface area contributed by atoms with Crippen LogP contribution in [0.3, 0.4) is 0 Å². The topological polar surface area (TPSA) is 106 Å². The smallest absolute Gasteiger partial charge is 0.269 e. The van der Waals surface area contributed by atoms with E-state index in [1.807, 2.05) is 0 Å². The summed E-state index contributed by atoms with van der Waals surface area (Å²) >= 11 is 0. The quantitative estimate of drug-likeness (QED) is 0.660. The summed E-state index contributed by atoms with van der Waals surface area (Å²) in [5, 5.41) is 13.5. The van der Waals surface area contributed by atoms with Crippen molar-refractivity contribution in [3.8, 4) is 0 Å². The van der Waals surface area contributed by atoms with Crippen molar-refractivity contribution in [2.24, 2.45) is 0 Å². The molecule has 0 aliphatic carbocycles. The molecule has 0 saturated heterocycles. The zero-order valence-electron chi connectivity index (χ0n) is 13.1. The maximum atomic E-state index is 12.4. The molecule has 1 amide bonds. The molecule has 126 valence electrons. The Morgan fingerprint density at radius 2 is 1.83 bits per heavy atom. The monoisotopic (exact) mass is 348 g/mol. The lowest BCUT2D eigenvalue weighted by Gasteiger charge is -2.15. The Bertz CT molecular complexity index is 893. The first-order chi connectivity index (χ1) is 11.2. The first-order valence-electron chi connectivity index (χ1n) is 7.04. The molecule has 0 spiro atoms. The molecular formula is C16H16N2O5S. The highest BCUT2D eigenvalue weighted by molar-refractivity contribution is 7.90. The second-order valence-corrected chi connectivity index (χ2v) is 7.30. The van der Waals surface area contributed by atoms with E-state index in [1.165, 1.54) is 36.4 Å². The molecular weight excluding hydrogens is 332 g/mol. The molecule has 1 N–H and O–H groups in total. The molecule has 24 heavy (non-hydrogen) atoms. The lowest BCUT2D eigenvalue weighted by Crippen LogP contribution is -2.28. The van der Waals surface area contributed by atoms with E-state index >= 15 is 0 Å². The lowest BCUT2D eigenvalue weighted by atomic mass is 10.1. The average molecular weight is 348 g/mol. The predicted octanol–water partition coefficient (Wildman–Crippen LogP) is 2.49. The molecule has 2 aromatic rings. The first kappa shape index (κ1) is 17.6. The Morgan fingerprint density at radius 1 is 1.17 bits per heavy atom. The molecule has 0 radical (unpaired) electrons. The summed E-state index contributed by atoms with van der Waals surface area (Å²) < 4.78 is 23.6. The number of benzene rings is 2. The van der Waals surface area contributed by atoms with Gasteiger partial charge in [-0.2, -0.15) is 0 Å². The summed E-state index contributed by atoms with van der Waals surface area (Å²) in [6.07, 6.45) is 1.03. The maximum Gasteiger partial charge on any atom is 0.269 e. The van der Waals surface area contributed by atoms with E-state index in [2.05, 4.69) is 5.32 Å². The zero-order valence-corrected chi connectivity index (χ0v) is 13.9. The number of nitrogens with one attached hydrogen (secondary N) is 1. The van der Waals surface area contributed by atoms with Gasteiger partial charge in [0.05, 0.1) is 21.4 Å². The molecule has 0 fully saturated rings. The molecule has 0 saturated carbocycles. The summed E-state index contributed by atoms with van der Waals surface area (Å²) in [4.78, 5) is 22.7. The Kier molecular flexibility index (Phi) is 4.99. The van der Waals surface area contributed by atoms with Crippen molar-refractivity contribution in [2.45, 2.75) is 17.9 Å². The Labute approximate surface area is 139 Å². The molecule has 0 aliphatic rings. The van der Waals surface area contributed by atoms with Crippen LogP contribution in [0.5, 0.6) is 0 Å². The van der Waals surface area contributed by atoms with Gasteiger partial charge in [0.15, 0.2) is 9.84 Å². The lowest BCUT2D eigenvalue weighted by molar-refractivity contribution is -0.384. The number of amides is 1. The van der Waals surface area contributed by atoms with Gasteiger partial charge < -0.3 is 5.32 Å². The normalized spacial score (nSPS) is 12.4. The van der Waals surface area contributed by atoms with Gasteiger partial charge in [-0.15, -0.1) is 0 Å². The van der Waals surface area contributed by atoms with Crippen LogP contribution in [0, 0.1) is 10.1 Å². The molecule has 7 nitrogen and oxygen atoms in total. The number of hydrogen-bond acceptors (Lipinski definition) is 5. The van der Waals surface area contributed by atoms with Crippen molar-refractivity contribution < 1.29 is 18.1 Å². The number of carbonyl (C=O) groups is 1. The van der Waals surface area contributed by atoms with Gasteiger partial charge in [-0.25, -0.2) is 8.42 Å². The number of hydrogen-bond donors (Lipinski definition) is 1. The summed E-state index contributed by atoms with van der Waals surface area (Å²) in [5.74, 6) is -0.560. The van der Waals surface area contributed by atoms with Gasteiger partial charge in [0.1, 0.15) is 0 Å². The predicted molar refractivity (Wildman–Crippen MR) is 88.5 cm³/mol. The van der Waals surface area contributed by atoms with Crippen LogP contribution in [0.15, 0.2) is 53.4 Å². The SMILES string of the molecule is C[C@@H](NC(=O)c1ccccc1S(C)(=O)=O)c1cccc([N+](=O)[O-])c1. The molecule has 0 heterocycles. The highest BCUT2D eigenvalue weighted by Crippen LogP contribution is 2.21. The molecule has 2 aromatic carbocycles. The molecule has 0 aliphatic heterocycles. The third kappa shape index (κ3) is 3.96. The van der Waals surface area contributed by atoms with E-state index in [0.717, 1.165) is 6.26 Å². The second kappa shape index (κ2) is 6.79. The van der Waals surface area contributed by atoms with E-state index in [9.17, 15) is 23.3 Å². The second-order valence-electron chi connectivity index (χ2n) is 5.32. The number of nitrogens with zero attached hydrogens (tertiary/aromatic N) is 1. The van der Waals surface area contributed by atoms with Gasteiger partial charge in [-0.1, -0.05) is 24.3 Å². The van der Waals surface area contributed by atoms with E-state index < -0.39 is 26.7 Å². The summed E-state index contributed by atoms with van der Waals surface area (Å²) in [5.41, 5.74) is 0.511. The van der Waals surface area contributed by atoms with E-state index in [-0.39, 0.29) is 16.1 Å².